The fourth-order valence-electron chi connectivity index (χ4n) is 3.15. The molecule has 0 unspecified atom stereocenters. The third kappa shape index (κ3) is 4.46. The Morgan fingerprint density at radius 2 is 1.97 bits per heavy atom. The minimum atomic E-state index is -0.224. The van der Waals surface area contributed by atoms with Crippen molar-refractivity contribution in [3.05, 3.63) is 65.1 Å². The number of ether oxygens (including phenoxy) is 2. The summed E-state index contributed by atoms with van der Waals surface area (Å²) >= 11 is 2.84. The normalized spacial score (nSPS) is 12.5. The molecule has 1 aliphatic heterocycles. The highest BCUT2D eigenvalue weighted by Gasteiger charge is 2.17. The Balaban J connectivity index is 1.29. The molecule has 1 aliphatic rings. The number of hydrogen-bond acceptors (Lipinski definition) is 9. The lowest BCUT2D eigenvalue weighted by molar-refractivity contribution is 0.102. The van der Waals surface area contributed by atoms with Crippen LogP contribution < -0.4 is 14.8 Å². The first-order valence-electron chi connectivity index (χ1n) is 9.83. The molecule has 1 N–H and O–H groups in total. The molecule has 10 heteroatoms. The van der Waals surface area contributed by atoms with Gasteiger partial charge in [0, 0.05) is 15.8 Å². The van der Waals surface area contributed by atoms with Crippen molar-refractivity contribution in [2.45, 2.75) is 17.6 Å². The molecule has 0 aliphatic carbocycles. The van der Waals surface area contributed by atoms with Gasteiger partial charge in [-0.15, -0.1) is 23.1 Å². The van der Waals surface area contributed by atoms with Crippen molar-refractivity contribution in [3.63, 3.8) is 0 Å². The zero-order chi connectivity index (χ0) is 21.9. The lowest BCUT2D eigenvalue weighted by atomic mass is 10.1. The van der Waals surface area contributed by atoms with Crippen LogP contribution in [0.4, 0.5) is 5.13 Å². The third-order valence-corrected chi connectivity index (χ3v) is 6.43. The van der Waals surface area contributed by atoms with Gasteiger partial charge < -0.3 is 14.0 Å². The maximum Gasteiger partial charge on any atom is 0.258 e. The number of hydrogen-bond donors (Lipinski definition) is 1. The van der Waals surface area contributed by atoms with Crippen LogP contribution in [0.2, 0.25) is 0 Å². The quantitative estimate of drug-likeness (QED) is 0.404. The van der Waals surface area contributed by atoms with Gasteiger partial charge in [0.1, 0.15) is 13.2 Å². The molecule has 32 heavy (non-hydrogen) atoms. The number of thioether (sulfide) groups is 1. The smallest absolute Gasteiger partial charge is 0.258 e. The number of carbonyl (C=O) groups excluding carboxylic acids is 1. The molecule has 1 amide bonds. The van der Waals surface area contributed by atoms with Gasteiger partial charge in [-0.25, -0.2) is 4.98 Å². The lowest BCUT2D eigenvalue weighted by Crippen LogP contribution is -2.15. The highest BCUT2D eigenvalue weighted by atomic mass is 32.2. The average molecular weight is 467 g/mol. The van der Waals surface area contributed by atoms with Crippen LogP contribution in [0.25, 0.3) is 11.3 Å². The topological polar surface area (TPSA) is 99.4 Å². The largest absolute Gasteiger partial charge is 0.486 e. The number of nitrogens with zero attached hydrogens (tertiary/aromatic N) is 3. The third-order valence-electron chi connectivity index (χ3n) is 4.62. The van der Waals surface area contributed by atoms with Gasteiger partial charge in [0.15, 0.2) is 22.5 Å². The van der Waals surface area contributed by atoms with E-state index < -0.39 is 0 Å². The Bertz CT molecular complexity index is 1270. The average Bonchev–Trinajstić information content (AvgIpc) is 3.46. The molecule has 2 aromatic heterocycles. The molecule has 162 valence electrons. The van der Waals surface area contributed by atoms with Crippen molar-refractivity contribution in [1.29, 1.82) is 0 Å². The standard InChI is InChI=1S/C22H18N4O4S2/c1-13-23-20(30-26-13)12-31-19-5-3-2-4-15(19)21(27)25-22-24-16(11-32-22)14-6-7-17-18(10-14)29-9-8-28-17/h2-7,10-11H,8-9,12H2,1H3,(H,24,25,27). The maximum absolute atomic E-state index is 12.9. The molecular formula is C22H18N4O4S2. The first kappa shape index (κ1) is 20.5. The summed E-state index contributed by atoms with van der Waals surface area (Å²) in [4.78, 5) is 22.5. The number of aryl methyl sites for hydroxylation is 1. The van der Waals surface area contributed by atoms with Crippen LogP contribution in [0.5, 0.6) is 11.5 Å². The van der Waals surface area contributed by atoms with Gasteiger partial charge in [-0.1, -0.05) is 17.3 Å². The van der Waals surface area contributed by atoms with Crippen molar-refractivity contribution in [3.8, 4) is 22.8 Å². The molecule has 0 saturated carbocycles. The Labute approximate surface area is 192 Å². The predicted molar refractivity (Wildman–Crippen MR) is 122 cm³/mol. The predicted octanol–water partition coefficient (Wildman–Crippen LogP) is 4.82. The summed E-state index contributed by atoms with van der Waals surface area (Å²) < 4.78 is 16.4. The Morgan fingerprint density at radius 3 is 2.81 bits per heavy atom. The van der Waals surface area contributed by atoms with Crippen molar-refractivity contribution in [2.75, 3.05) is 18.5 Å². The van der Waals surface area contributed by atoms with E-state index >= 15 is 0 Å². The molecule has 0 saturated heterocycles. The van der Waals surface area contributed by atoms with Gasteiger partial charge in [0.2, 0.25) is 5.89 Å². The molecule has 0 bridgehead atoms. The number of benzene rings is 2. The van der Waals surface area contributed by atoms with Gasteiger partial charge in [0.25, 0.3) is 5.91 Å². The number of thiazole rings is 1. The minimum absolute atomic E-state index is 0.224. The number of aromatic nitrogens is 3. The Morgan fingerprint density at radius 1 is 1.12 bits per heavy atom. The van der Waals surface area contributed by atoms with Gasteiger partial charge in [-0.05, 0) is 37.3 Å². The van der Waals surface area contributed by atoms with E-state index in [1.165, 1.54) is 23.1 Å². The molecule has 0 fully saturated rings. The molecule has 0 atom stereocenters. The van der Waals surface area contributed by atoms with Crippen molar-refractivity contribution in [1.82, 2.24) is 15.1 Å². The Hall–Kier alpha value is -3.37. The number of anilines is 1. The van der Waals surface area contributed by atoms with Crippen LogP contribution >= 0.6 is 23.1 Å². The summed E-state index contributed by atoms with van der Waals surface area (Å²) in [6.45, 7) is 2.85. The minimum Gasteiger partial charge on any atom is -0.486 e. The molecule has 5 rings (SSSR count). The summed E-state index contributed by atoms with van der Waals surface area (Å²) in [6.07, 6.45) is 0. The number of fused-ring (bicyclic) bond motifs is 1. The molecule has 2 aromatic carbocycles. The fraction of sp³-hybridized carbons (Fsp3) is 0.182. The highest BCUT2D eigenvalue weighted by Crippen LogP contribution is 2.35. The van der Waals surface area contributed by atoms with E-state index in [2.05, 4.69) is 20.4 Å². The molecule has 3 heterocycles. The second kappa shape index (κ2) is 9.01. The second-order valence-electron chi connectivity index (χ2n) is 6.87. The van der Waals surface area contributed by atoms with E-state index in [0.717, 1.165) is 21.9 Å². The lowest BCUT2D eigenvalue weighted by Gasteiger charge is -2.18. The summed E-state index contributed by atoms with van der Waals surface area (Å²) in [5.74, 6) is 2.80. The van der Waals surface area contributed by atoms with Crippen LogP contribution in [0.15, 0.2) is 57.3 Å². The Kier molecular flexibility index (Phi) is 5.78. The van der Waals surface area contributed by atoms with E-state index in [1.807, 2.05) is 41.8 Å². The van der Waals surface area contributed by atoms with Crippen molar-refractivity contribution in [2.24, 2.45) is 0 Å². The summed E-state index contributed by atoms with van der Waals surface area (Å²) in [5, 5.41) is 9.12. The number of rotatable bonds is 6. The van der Waals surface area contributed by atoms with Crippen LogP contribution in [0.3, 0.4) is 0 Å². The highest BCUT2D eigenvalue weighted by molar-refractivity contribution is 7.98. The maximum atomic E-state index is 12.9. The second-order valence-corrected chi connectivity index (χ2v) is 8.75. The summed E-state index contributed by atoms with van der Waals surface area (Å²) in [7, 11) is 0. The van der Waals surface area contributed by atoms with Crippen LogP contribution in [0, 0.1) is 6.92 Å². The van der Waals surface area contributed by atoms with Gasteiger partial charge in [0.05, 0.1) is 17.0 Å². The van der Waals surface area contributed by atoms with E-state index in [1.54, 1.807) is 13.0 Å². The van der Waals surface area contributed by atoms with E-state index in [4.69, 9.17) is 14.0 Å². The van der Waals surface area contributed by atoms with Gasteiger partial charge in [-0.3, -0.25) is 10.1 Å². The summed E-state index contributed by atoms with van der Waals surface area (Å²) in [5.41, 5.74) is 2.22. The number of nitrogens with one attached hydrogen (secondary N) is 1. The van der Waals surface area contributed by atoms with E-state index in [9.17, 15) is 4.79 Å². The fourth-order valence-corrected chi connectivity index (χ4v) is 4.75. The molecule has 0 spiro atoms. The van der Waals surface area contributed by atoms with E-state index in [-0.39, 0.29) is 5.91 Å². The monoisotopic (exact) mass is 466 g/mol. The first-order valence-corrected chi connectivity index (χ1v) is 11.7. The molecule has 0 radical (unpaired) electrons. The van der Waals surface area contributed by atoms with Gasteiger partial charge >= 0.3 is 0 Å². The molecular weight excluding hydrogens is 448 g/mol. The molecule has 4 aromatic rings. The van der Waals surface area contributed by atoms with Crippen molar-refractivity contribution >= 4 is 34.1 Å². The van der Waals surface area contributed by atoms with Crippen molar-refractivity contribution < 1.29 is 18.8 Å². The first-order chi connectivity index (χ1) is 15.7. The van der Waals surface area contributed by atoms with Crippen LogP contribution in [-0.4, -0.2) is 34.2 Å². The van der Waals surface area contributed by atoms with Crippen LogP contribution in [0.1, 0.15) is 22.1 Å². The number of carbonyl (C=O) groups is 1. The van der Waals surface area contributed by atoms with Gasteiger partial charge in [-0.2, -0.15) is 4.98 Å². The summed E-state index contributed by atoms with van der Waals surface area (Å²) in [6, 6.07) is 13.1. The number of amides is 1. The van der Waals surface area contributed by atoms with E-state index in [0.29, 0.717) is 47.1 Å². The molecule has 8 nitrogen and oxygen atoms in total. The zero-order valence-electron chi connectivity index (χ0n) is 17.0. The van der Waals surface area contributed by atoms with Crippen LogP contribution in [-0.2, 0) is 5.75 Å². The zero-order valence-corrected chi connectivity index (χ0v) is 18.7. The SMILES string of the molecule is Cc1noc(CSc2ccccc2C(=O)Nc2nc(-c3ccc4c(c3)OCCO4)cs2)n1.